The van der Waals surface area contributed by atoms with Crippen molar-refractivity contribution in [2.75, 3.05) is 13.2 Å². The zero-order valence-corrected chi connectivity index (χ0v) is 14.6. The molecule has 1 atom stereocenters. The van der Waals surface area contributed by atoms with E-state index in [1.54, 1.807) is 16.8 Å². The largest absolute Gasteiger partial charge is 0.377 e. The normalized spacial score (nSPS) is 17.2. The van der Waals surface area contributed by atoms with Gasteiger partial charge in [-0.1, -0.05) is 0 Å². The maximum absolute atomic E-state index is 13.2. The summed E-state index contributed by atoms with van der Waals surface area (Å²) >= 11 is 0. The second-order valence-electron chi connectivity index (χ2n) is 6.63. The minimum atomic E-state index is -0.310. The highest BCUT2D eigenvalue weighted by molar-refractivity contribution is 5.80. The highest BCUT2D eigenvalue weighted by Gasteiger charge is 2.16. The molecule has 3 heterocycles. The van der Waals surface area contributed by atoms with E-state index >= 15 is 0 Å². The zero-order chi connectivity index (χ0) is 18.1. The summed E-state index contributed by atoms with van der Waals surface area (Å²) < 4.78 is 20.4. The highest BCUT2D eigenvalue weighted by atomic mass is 19.1. The molecule has 6 nitrogen and oxygen atoms in total. The van der Waals surface area contributed by atoms with Gasteiger partial charge >= 0.3 is 0 Å². The summed E-state index contributed by atoms with van der Waals surface area (Å²) in [6, 6.07) is 7.89. The van der Waals surface area contributed by atoms with Crippen molar-refractivity contribution in [2.45, 2.75) is 32.4 Å². The SMILES string of the molecule is Cc1nn(-c2ccc(F)cc2)c2[nH]c(=O)c(CNC[C@H]3CCCO3)cc12. The van der Waals surface area contributed by atoms with Crippen LogP contribution >= 0.6 is 0 Å². The number of pyridine rings is 1. The van der Waals surface area contributed by atoms with Crippen LogP contribution in [0.4, 0.5) is 4.39 Å². The highest BCUT2D eigenvalue weighted by Crippen LogP contribution is 2.20. The molecule has 4 rings (SSSR count). The summed E-state index contributed by atoms with van der Waals surface area (Å²) in [5.74, 6) is -0.310. The van der Waals surface area contributed by atoms with E-state index in [-0.39, 0.29) is 17.5 Å². The van der Waals surface area contributed by atoms with Crippen molar-refractivity contribution in [3.8, 4) is 5.69 Å². The Morgan fingerprint density at radius 3 is 2.92 bits per heavy atom. The number of nitrogens with zero attached hydrogens (tertiary/aromatic N) is 2. The molecule has 1 aliphatic heterocycles. The van der Waals surface area contributed by atoms with Crippen LogP contribution in [0.25, 0.3) is 16.7 Å². The molecule has 0 bridgehead atoms. The number of rotatable bonds is 5. The maximum Gasteiger partial charge on any atom is 0.254 e. The molecule has 2 N–H and O–H groups in total. The van der Waals surface area contributed by atoms with E-state index in [0.717, 1.165) is 37.1 Å². The summed E-state index contributed by atoms with van der Waals surface area (Å²) in [5, 5.41) is 8.68. The van der Waals surface area contributed by atoms with Gasteiger partial charge in [0.25, 0.3) is 5.56 Å². The number of ether oxygens (including phenoxy) is 1. The molecular formula is C19H21FN4O2. The Kier molecular flexibility index (Phi) is 4.57. The van der Waals surface area contributed by atoms with Gasteiger partial charge in [0.2, 0.25) is 0 Å². The van der Waals surface area contributed by atoms with Crippen molar-refractivity contribution >= 4 is 11.0 Å². The van der Waals surface area contributed by atoms with Gasteiger partial charge in [0, 0.05) is 30.6 Å². The van der Waals surface area contributed by atoms with Crippen LogP contribution in [0.1, 0.15) is 24.1 Å². The third kappa shape index (κ3) is 3.27. The third-order valence-electron chi connectivity index (χ3n) is 4.73. The number of nitrogens with one attached hydrogen (secondary N) is 2. The monoisotopic (exact) mass is 356 g/mol. The Balaban J connectivity index is 1.61. The molecule has 1 fully saturated rings. The Morgan fingerprint density at radius 1 is 1.38 bits per heavy atom. The zero-order valence-electron chi connectivity index (χ0n) is 14.6. The van der Waals surface area contributed by atoms with Gasteiger partial charge in [-0.05, 0) is 50.1 Å². The third-order valence-corrected chi connectivity index (χ3v) is 4.73. The first-order valence-electron chi connectivity index (χ1n) is 8.81. The molecule has 1 aliphatic rings. The Labute approximate surface area is 150 Å². The molecule has 136 valence electrons. The summed E-state index contributed by atoms with van der Waals surface area (Å²) in [6.07, 6.45) is 2.40. The minimum Gasteiger partial charge on any atom is -0.377 e. The predicted molar refractivity (Wildman–Crippen MR) is 97.1 cm³/mol. The Morgan fingerprint density at radius 2 is 2.19 bits per heavy atom. The lowest BCUT2D eigenvalue weighted by Crippen LogP contribution is -2.28. The van der Waals surface area contributed by atoms with E-state index in [4.69, 9.17) is 4.74 Å². The molecule has 0 spiro atoms. The van der Waals surface area contributed by atoms with Crippen molar-refractivity contribution in [3.63, 3.8) is 0 Å². The first-order chi connectivity index (χ1) is 12.6. The Hall–Kier alpha value is -2.51. The van der Waals surface area contributed by atoms with Gasteiger partial charge in [-0.25, -0.2) is 9.07 Å². The van der Waals surface area contributed by atoms with Crippen molar-refractivity contribution in [1.29, 1.82) is 0 Å². The van der Waals surface area contributed by atoms with E-state index in [1.807, 2.05) is 13.0 Å². The fourth-order valence-corrected chi connectivity index (χ4v) is 3.33. The number of halogens is 1. The lowest BCUT2D eigenvalue weighted by molar-refractivity contribution is 0.110. The second-order valence-corrected chi connectivity index (χ2v) is 6.63. The molecule has 0 amide bonds. The Bertz CT molecular complexity index is 972. The van der Waals surface area contributed by atoms with Crippen LogP contribution in [-0.2, 0) is 11.3 Å². The number of aryl methyl sites for hydroxylation is 1. The smallest absolute Gasteiger partial charge is 0.254 e. The lowest BCUT2D eigenvalue weighted by atomic mass is 10.2. The van der Waals surface area contributed by atoms with Crippen LogP contribution in [0.2, 0.25) is 0 Å². The number of hydrogen-bond acceptors (Lipinski definition) is 4. The molecule has 1 saturated heterocycles. The molecule has 3 aromatic rings. The molecule has 26 heavy (non-hydrogen) atoms. The van der Waals surface area contributed by atoms with Gasteiger partial charge in [0.15, 0.2) is 0 Å². The van der Waals surface area contributed by atoms with Gasteiger partial charge in [-0.15, -0.1) is 0 Å². The predicted octanol–water partition coefficient (Wildman–Crippen LogP) is 2.43. The lowest BCUT2D eigenvalue weighted by Gasteiger charge is -2.10. The summed E-state index contributed by atoms with van der Waals surface area (Å²) in [6.45, 7) is 3.93. The van der Waals surface area contributed by atoms with Gasteiger partial charge in [0.1, 0.15) is 11.5 Å². The van der Waals surface area contributed by atoms with Crippen LogP contribution in [0.3, 0.4) is 0 Å². The van der Waals surface area contributed by atoms with Crippen LogP contribution in [0, 0.1) is 12.7 Å². The average Bonchev–Trinajstić information content (AvgIpc) is 3.25. The molecular weight excluding hydrogens is 335 g/mol. The minimum absolute atomic E-state index is 0.152. The van der Waals surface area contributed by atoms with Crippen molar-refractivity contribution < 1.29 is 9.13 Å². The first kappa shape index (κ1) is 16.9. The maximum atomic E-state index is 13.2. The molecule has 0 aliphatic carbocycles. The fraction of sp³-hybridized carbons (Fsp3) is 0.368. The molecule has 7 heteroatoms. The standard InChI is InChI=1S/C19H21FN4O2/c1-12-17-9-13(10-21-11-16-3-2-8-26-16)19(25)22-18(17)24(23-12)15-6-4-14(20)5-7-15/h4-7,9,16,21H,2-3,8,10-11H2,1H3,(H,22,25)/t16-/m1/s1. The van der Waals surface area contributed by atoms with Gasteiger partial charge in [-0.3, -0.25) is 4.79 Å². The quantitative estimate of drug-likeness (QED) is 0.737. The van der Waals surface area contributed by atoms with E-state index in [2.05, 4.69) is 15.4 Å². The first-order valence-corrected chi connectivity index (χ1v) is 8.81. The van der Waals surface area contributed by atoms with Crippen molar-refractivity contribution in [2.24, 2.45) is 0 Å². The van der Waals surface area contributed by atoms with Gasteiger partial charge in [0.05, 0.1) is 17.5 Å². The molecule has 0 radical (unpaired) electrons. The van der Waals surface area contributed by atoms with E-state index in [0.29, 0.717) is 23.4 Å². The summed E-state index contributed by atoms with van der Waals surface area (Å²) in [7, 11) is 0. The van der Waals surface area contributed by atoms with Crippen molar-refractivity contribution in [3.05, 3.63) is 57.8 Å². The number of aromatic nitrogens is 3. The molecule has 0 unspecified atom stereocenters. The summed E-state index contributed by atoms with van der Waals surface area (Å²) in [5.41, 5.74) is 2.63. The molecule has 0 saturated carbocycles. The number of hydrogen-bond donors (Lipinski definition) is 2. The van der Waals surface area contributed by atoms with Crippen molar-refractivity contribution in [1.82, 2.24) is 20.1 Å². The number of aromatic amines is 1. The van der Waals surface area contributed by atoms with Crippen LogP contribution in [-0.4, -0.2) is 34.0 Å². The number of benzene rings is 1. The topological polar surface area (TPSA) is 71.9 Å². The van der Waals surface area contributed by atoms with Crippen LogP contribution in [0.5, 0.6) is 0 Å². The second kappa shape index (κ2) is 7.01. The molecule has 2 aromatic heterocycles. The van der Waals surface area contributed by atoms with E-state index in [9.17, 15) is 9.18 Å². The van der Waals surface area contributed by atoms with E-state index in [1.165, 1.54) is 12.1 Å². The number of H-pyrrole nitrogens is 1. The van der Waals surface area contributed by atoms with Crippen LogP contribution in [0.15, 0.2) is 35.1 Å². The van der Waals surface area contributed by atoms with Crippen LogP contribution < -0.4 is 10.9 Å². The van der Waals surface area contributed by atoms with E-state index < -0.39 is 0 Å². The fourth-order valence-electron chi connectivity index (χ4n) is 3.33. The van der Waals surface area contributed by atoms with Gasteiger partial charge < -0.3 is 15.0 Å². The molecule has 1 aromatic carbocycles. The van der Waals surface area contributed by atoms with Gasteiger partial charge in [-0.2, -0.15) is 5.10 Å². The number of fused-ring (bicyclic) bond motifs is 1. The summed E-state index contributed by atoms with van der Waals surface area (Å²) in [4.78, 5) is 15.4. The average molecular weight is 356 g/mol.